The van der Waals surface area contributed by atoms with Gasteiger partial charge in [0.2, 0.25) is 11.6 Å². The van der Waals surface area contributed by atoms with Crippen molar-refractivity contribution in [1.82, 2.24) is 35.6 Å². The first-order valence-corrected chi connectivity index (χ1v) is 14.7. The van der Waals surface area contributed by atoms with Gasteiger partial charge < -0.3 is 14.7 Å². The number of nitrogens with one attached hydrogen (secondary N) is 3. The van der Waals surface area contributed by atoms with E-state index in [4.69, 9.17) is 9.40 Å². The van der Waals surface area contributed by atoms with Crippen molar-refractivity contribution < 1.29 is 13.9 Å². The minimum Gasteiger partial charge on any atom is -0.416 e. The largest absolute Gasteiger partial charge is 0.416 e. The number of aromatic nitrogens is 7. The summed E-state index contributed by atoms with van der Waals surface area (Å²) in [4.78, 5) is 26.1. The van der Waals surface area contributed by atoms with Gasteiger partial charge in [0.15, 0.2) is 11.7 Å². The molecule has 218 valence electrons. The van der Waals surface area contributed by atoms with Crippen LogP contribution in [0.2, 0.25) is 0 Å². The molecule has 5 aromatic rings. The second-order valence-corrected chi connectivity index (χ2v) is 12.7. The summed E-state index contributed by atoms with van der Waals surface area (Å²) in [5.41, 5.74) is 9.06. The average molecular weight is 568 g/mol. The first-order valence-electron chi connectivity index (χ1n) is 14.7. The lowest BCUT2D eigenvalue weighted by molar-refractivity contribution is -0.772. The number of rotatable bonds is 5. The smallest absolute Gasteiger partial charge is 0.309 e. The molecular weight excluding hydrogens is 528 g/mol. The van der Waals surface area contributed by atoms with Gasteiger partial charge in [-0.25, -0.2) is 9.97 Å². The third-order valence-electron chi connectivity index (χ3n) is 8.12. The fraction of sp³-hybridized carbons (Fsp3) is 0.438. The van der Waals surface area contributed by atoms with Crippen molar-refractivity contribution in [2.45, 2.75) is 91.6 Å². The number of pyridine rings is 1. The number of carbonyl (C=O) groups is 1. The molecule has 10 nitrogen and oxygen atoms in total. The molecule has 4 aromatic heterocycles. The van der Waals surface area contributed by atoms with Gasteiger partial charge in [0.1, 0.15) is 11.4 Å². The van der Waals surface area contributed by atoms with Crippen molar-refractivity contribution in [3.05, 3.63) is 64.8 Å². The average Bonchev–Trinajstić information content (AvgIpc) is 3.64. The minimum atomic E-state index is -0.338. The van der Waals surface area contributed by atoms with Crippen LogP contribution in [0.25, 0.3) is 33.7 Å². The summed E-state index contributed by atoms with van der Waals surface area (Å²) in [5, 5.41) is 14.7. The lowest BCUT2D eigenvalue weighted by Crippen LogP contribution is -2.40. The van der Waals surface area contributed by atoms with Crippen LogP contribution >= 0.6 is 0 Å². The van der Waals surface area contributed by atoms with Gasteiger partial charge in [-0.15, -0.1) is 14.9 Å². The van der Waals surface area contributed by atoms with Crippen molar-refractivity contribution in [2.24, 2.45) is 0 Å². The van der Waals surface area contributed by atoms with E-state index in [9.17, 15) is 4.79 Å². The Morgan fingerprint density at radius 2 is 1.95 bits per heavy atom. The summed E-state index contributed by atoms with van der Waals surface area (Å²) >= 11 is 0. The van der Waals surface area contributed by atoms with Crippen molar-refractivity contribution in [1.29, 1.82) is 0 Å². The summed E-state index contributed by atoms with van der Waals surface area (Å²) in [6.45, 7) is 14.4. The van der Waals surface area contributed by atoms with Gasteiger partial charge in [0.25, 0.3) is 0 Å². The van der Waals surface area contributed by atoms with Crippen LogP contribution in [0.3, 0.4) is 0 Å². The zero-order valence-electron chi connectivity index (χ0n) is 25.4. The molecule has 0 bridgehead atoms. The van der Waals surface area contributed by atoms with E-state index < -0.39 is 0 Å². The fourth-order valence-corrected chi connectivity index (χ4v) is 5.98. The lowest BCUT2D eigenvalue weighted by atomic mass is 9.94. The molecule has 0 saturated heterocycles. The molecule has 10 heteroatoms. The maximum atomic E-state index is 13.1. The number of H-pyrrole nitrogens is 2. The normalized spacial score (nSPS) is 15.7. The highest BCUT2D eigenvalue weighted by atomic mass is 16.4. The molecule has 1 atom stereocenters. The van der Waals surface area contributed by atoms with Gasteiger partial charge in [0.05, 0.1) is 17.3 Å². The van der Waals surface area contributed by atoms with Gasteiger partial charge >= 0.3 is 11.8 Å². The molecule has 1 aliphatic carbocycles. The zero-order chi connectivity index (χ0) is 29.8. The molecule has 1 amide bonds. The monoisotopic (exact) mass is 567 g/mol. The summed E-state index contributed by atoms with van der Waals surface area (Å²) in [5.74, 6) is 0.923. The van der Waals surface area contributed by atoms with E-state index >= 15 is 0 Å². The van der Waals surface area contributed by atoms with E-state index in [1.165, 1.54) is 5.56 Å². The molecule has 6 rings (SSSR count). The second-order valence-electron chi connectivity index (χ2n) is 12.7. The number of benzene rings is 1. The molecule has 0 fully saturated rings. The quantitative estimate of drug-likeness (QED) is 0.177. The van der Waals surface area contributed by atoms with Crippen LogP contribution in [0, 0.1) is 13.8 Å². The van der Waals surface area contributed by atoms with Crippen molar-refractivity contribution in [3.63, 3.8) is 0 Å². The molecule has 0 spiro atoms. The first-order chi connectivity index (χ1) is 20.0. The third kappa shape index (κ3) is 4.99. The molecule has 0 saturated carbocycles. The van der Waals surface area contributed by atoms with E-state index in [-0.39, 0.29) is 23.3 Å². The highest BCUT2D eigenvalue weighted by molar-refractivity contribution is 5.92. The number of amides is 1. The molecule has 1 aromatic carbocycles. The van der Waals surface area contributed by atoms with Crippen LogP contribution in [0.1, 0.15) is 105 Å². The maximum absolute atomic E-state index is 13.1. The Morgan fingerprint density at radius 1 is 1.14 bits per heavy atom. The maximum Gasteiger partial charge on any atom is 0.309 e. The summed E-state index contributed by atoms with van der Waals surface area (Å²) < 4.78 is 7.86. The molecule has 3 N–H and O–H groups in total. The number of fused-ring (bicyclic) bond motifs is 2. The molecule has 42 heavy (non-hydrogen) atoms. The Hall–Kier alpha value is -4.34. The Balaban J connectivity index is 1.32. The Kier molecular flexibility index (Phi) is 6.95. The predicted octanol–water partition coefficient (Wildman–Crippen LogP) is 5.98. The molecular formula is C32H39N8O2+. The fourth-order valence-electron chi connectivity index (χ4n) is 5.98. The summed E-state index contributed by atoms with van der Waals surface area (Å²) in [6.07, 6.45) is 5.69. The SMILES string of the molecule is Cc1[nH][n+](C(C)C)c(C)c1-c1nc2nccc(-c3ccc4c(c3)CCCCC4NC(=O)c3nnc(C(C)(C)C)o3)c2[nH]1. The number of imidazole rings is 1. The lowest BCUT2D eigenvalue weighted by Gasteiger charge is -2.19. The van der Waals surface area contributed by atoms with Crippen LogP contribution < -0.4 is 10.00 Å². The zero-order valence-corrected chi connectivity index (χ0v) is 25.4. The van der Waals surface area contributed by atoms with Gasteiger partial charge in [-0.05, 0) is 62.8 Å². The number of aryl methyl sites for hydroxylation is 2. The van der Waals surface area contributed by atoms with E-state index in [1.54, 1.807) is 0 Å². The molecule has 0 radical (unpaired) electrons. The standard InChI is InChI=1S/C32H38N8O2/c1-17(2)40-19(4)25(18(3)39-40)27-35-26-23(14-15-33-28(26)36-27)21-12-13-22-20(16-21)10-8-9-11-24(22)34-29(41)30-37-38-31(42-30)32(5,6)7/h12-17,24H,8-11H2,1-7H3,(H2,33,34,35,36,41)/p+1. The van der Waals surface area contributed by atoms with E-state index in [0.29, 0.717) is 17.6 Å². The highest BCUT2D eigenvalue weighted by Gasteiger charge is 2.28. The van der Waals surface area contributed by atoms with Gasteiger partial charge in [-0.2, -0.15) is 5.10 Å². The Bertz CT molecular complexity index is 1790. The topological polar surface area (TPSA) is 129 Å². The summed E-state index contributed by atoms with van der Waals surface area (Å²) in [6, 6.07) is 8.75. The third-order valence-corrected chi connectivity index (χ3v) is 8.12. The van der Waals surface area contributed by atoms with E-state index in [1.807, 2.05) is 33.0 Å². The predicted molar refractivity (Wildman–Crippen MR) is 160 cm³/mol. The van der Waals surface area contributed by atoms with Gasteiger partial charge in [-0.1, -0.05) is 45.4 Å². The first kappa shape index (κ1) is 27.8. The van der Waals surface area contributed by atoms with E-state index in [2.05, 4.69) is 81.2 Å². The molecule has 1 unspecified atom stereocenters. The molecule has 0 aliphatic heterocycles. The van der Waals surface area contributed by atoms with Crippen LogP contribution in [0.5, 0.6) is 0 Å². The highest BCUT2D eigenvalue weighted by Crippen LogP contribution is 2.35. The van der Waals surface area contributed by atoms with Crippen molar-refractivity contribution in [2.75, 3.05) is 0 Å². The number of aromatic amines is 2. The van der Waals surface area contributed by atoms with Crippen LogP contribution in [-0.4, -0.2) is 36.2 Å². The van der Waals surface area contributed by atoms with Crippen molar-refractivity contribution >= 4 is 17.1 Å². The Labute approximate surface area is 245 Å². The number of hydrogen-bond acceptors (Lipinski definition) is 6. The van der Waals surface area contributed by atoms with Crippen LogP contribution in [0.15, 0.2) is 34.9 Å². The van der Waals surface area contributed by atoms with Crippen molar-refractivity contribution in [3.8, 4) is 22.5 Å². The van der Waals surface area contributed by atoms with Gasteiger partial charge in [0, 0.05) is 24.1 Å². The van der Waals surface area contributed by atoms with Gasteiger partial charge in [-0.3, -0.25) is 4.79 Å². The summed E-state index contributed by atoms with van der Waals surface area (Å²) in [7, 11) is 0. The Morgan fingerprint density at radius 3 is 2.67 bits per heavy atom. The van der Waals surface area contributed by atoms with E-state index in [0.717, 1.165) is 70.7 Å². The second kappa shape index (κ2) is 10.5. The minimum absolute atomic E-state index is 0.00313. The molecule has 4 heterocycles. The number of hydrogen-bond donors (Lipinski definition) is 3. The number of nitrogens with zero attached hydrogens (tertiary/aromatic N) is 5. The molecule has 1 aliphatic rings. The van der Waals surface area contributed by atoms with Crippen LogP contribution in [0.4, 0.5) is 0 Å². The number of carbonyl (C=O) groups excluding carboxylic acids is 1. The van der Waals surface area contributed by atoms with Crippen LogP contribution in [-0.2, 0) is 11.8 Å².